The van der Waals surface area contributed by atoms with Gasteiger partial charge in [0.25, 0.3) is 0 Å². The van der Waals surface area contributed by atoms with E-state index in [1.165, 1.54) is 5.56 Å². The third-order valence-corrected chi connectivity index (χ3v) is 6.61. The molecule has 36 heavy (non-hydrogen) atoms. The number of hydrogen-bond acceptors (Lipinski definition) is 7. The summed E-state index contributed by atoms with van der Waals surface area (Å²) >= 11 is 0. The molecule has 0 radical (unpaired) electrons. The first kappa shape index (κ1) is 24.4. The van der Waals surface area contributed by atoms with Crippen LogP contribution in [-0.2, 0) is 11.2 Å². The van der Waals surface area contributed by atoms with Gasteiger partial charge in [-0.1, -0.05) is 47.4 Å². The second-order valence-electron chi connectivity index (χ2n) is 9.40. The number of nitrogens with zero attached hydrogens (tertiary/aromatic N) is 3. The number of anilines is 2. The zero-order chi connectivity index (χ0) is 25.2. The van der Waals surface area contributed by atoms with Gasteiger partial charge in [0.15, 0.2) is 0 Å². The minimum Gasteiger partial charge on any atom is -0.394 e. The van der Waals surface area contributed by atoms with Crippen molar-refractivity contribution in [2.24, 2.45) is 0 Å². The van der Waals surface area contributed by atoms with Gasteiger partial charge in [-0.3, -0.25) is 4.98 Å². The molecule has 5 rings (SSSR count). The van der Waals surface area contributed by atoms with Gasteiger partial charge in [-0.05, 0) is 43.8 Å². The predicted molar refractivity (Wildman–Crippen MR) is 137 cm³/mol. The van der Waals surface area contributed by atoms with Crippen molar-refractivity contribution in [2.45, 2.75) is 31.0 Å². The van der Waals surface area contributed by atoms with E-state index < -0.39 is 31.1 Å². The summed E-state index contributed by atoms with van der Waals surface area (Å²) in [6, 6.07) is 18.3. The van der Waals surface area contributed by atoms with Crippen molar-refractivity contribution in [3.05, 3.63) is 72.7 Å². The molecule has 5 N–H and O–H groups in total. The molecule has 2 aromatic heterocycles. The molecule has 9 nitrogen and oxygen atoms in total. The van der Waals surface area contributed by atoms with Crippen LogP contribution >= 0.6 is 0 Å². The normalized spacial score (nSPS) is 21.9. The predicted octanol–water partition coefficient (Wildman–Crippen LogP) is 1.98. The molecule has 0 saturated carbocycles. The summed E-state index contributed by atoms with van der Waals surface area (Å²) in [5, 5.41) is 34.7. The zero-order valence-corrected chi connectivity index (χ0v) is 20.4. The lowest BCUT2D eigenvalue weighted by Crippen LogP contribution is -2.47. The molecule has 1 aliphatic rings. The largest absolute Gasteiger partial charge is 0.394 e. The Hall–Kier alpha value is -3.34. The van der Waals surface area contributed by atoms with Crippen LogP contribution in [0.15, 0.2) is 67.1 Å². The first-order valence-corrected chi connectivity index (χ1v) is 12.1. The number of nitrogens with one attached hydrogen (secondary N) is 2. The molecule has 4 atom stereocenters. The van der Waals surface area contributed by atoms with Gasteiger partial charge in [-0.25, -0.2) is 4.57 Å². The molecule has 1 saturated heterocycles. The highest BCUT2D eigenvalue weighted by Crippen LogP contribution is 2.34. The van der Waals surface area contributed by atoms with Gasteiger partial charge in [0.2, 0.25) is 24.0 Å². The van der Waals surface area contributed by atoms with Gasteiger partial charge < -0.3 is 30.3 Å². The Morgan fingerprint density at radius 2 is 1.81 bits per heavy atom. The lowest BCUT2D eigenvalue weighted by molar-refractivity contribution is -0.747. The second-order valence-corrected chi connectivity index (χ2v) is 9.40. The topological polar surface area (TPSA) is 118 Å². The molecule has 188 valence electrons. The van der Waals surface area contributed by atoms with Gasteiger partial charge in [0.1, 0.15) is 23.7 Å². The van der Waals surface area contributed by atoms with E-state index >= 15 is 0 Å². The molecule has 9 heteroatoms. The number of hydrogen-bond donors (Lipinski definition) is 5. The van der Waals surface area contributed by atoms with E-state index in [0.29, 0.717) is 11.5 Å². The lowest BCUT2D eigenvalue weighted by atomic mass is 10.1. The summed E-state index contributed by atoms with van der Waals surface area (Å²) in [5.41, 5.74) is 4.78. The molecule has 3 heterocycles. The third-order valence-electron chi connectivity index (χ3n) is 6.61. The van der Waals surface area contributed by atoms with E-state index in [0.717, 1.165) is 35.2 Å². The fraction of sp³-hybridized carbons (Fsp3) is 0.333. The highest BCUT2D eigenvalue weighted by atomic mass is 16.6. The number of aromatic nitrogens is 3. The number of aromatic amines is 1. The van der Waals surface area contributed by atoms with Crippen LogP contribution in [0.5, 0.6) is 0 Å². The van der Waals surface area contributed by atoms with E-state index in [1.54, 1.807) is 10.9 Å². The fourth-order valence-electron chi connectivity index (χ4n) is 4.59. The van der Waals surface area contributed by atoms with Gasteiger partial charge in [-0.2, -0.15) is 0 Å². The Morgan fingerprint density at radius 1 is 1.06 bits per heavy atom. The lowest BCUT2D eigenvalue weighted by Gasteiger charge is -2.15. The number of ether oxygens (including phenoxy) is 1. The van der Waals surface area contributed by atoms with Crippen molar-refractivity contribution in [1.82, 2.24) is 14.9 Å². The highest BCUT2D eigenvalue weighted by molar-refractivity contribution is 6.00. The molecular formula is C27H32N5O4+. The number of aliphatic hydroxyl groups excluding tert-OH is 3. The van der Waals surface area contributed by atoms with Crippen LogP contribution in [0.3, 0.4) is 0 Å². The van der Waals surface area contributed by atoms with Crippen LogP contribution in [0.4, 0.5) is 11.5 Å². The molecule has 0 aliphatic carbocycles. The number of benzene rings is 2. The second kappa shape index (κ2) is 10.3. The molecule has 4 aromatic rings. The third kappa shape index (κ3) is 4.71. The molecule has 0 bridgehead atoms. The van der Waals surface area contributed by atoms with E-state index in [1.807, 2.05) is 48.7 Å². The van der Waals surface area contributed by atoms with Crippen molar-refractivity contribution >= 4 is 22.5 Å². The Kier molecular flexibility index (Phi) is 6.99. The van der Waals surface area contributed by atoms with Crippen LogP contribution in [0.1, 0.15) is 11.8 Å². The maximum atomic E-state index is 10.6. The fourth-order valence-corrected chi connectivity index (χ4v) is 4.59. The van der Waals surface area contributed by atoms with E-state index in [2.05, 4.69) is 46.4 Å². The van der Waals surface area contributed by atoms with Gasteiger partial charge in [0, 0.05) is 17.8 Å². The van der Waals surface area contributed by atoms with Crippen LogP contribution in [0, 0.1) is 0 Å². The average Bonchev–Trinajstić information content (AvgIpc) is 3.46. The Balaban J connectivity index is 1.54. The summed E-state index contributed by atoms with van der Waals surface area (Å²) in [5.74, 6) is 0.647. The molecule has 1 unspecified atom stereocenters. The molecule has 2 aromatic carbocycles. The Labute approximate surface area is 209 Å². The smallest absolute Gasteiger partial charge is 0.241 e. The molecule has 0 spiro atoms. The van der Waals surface area contributed by atoms with Gasteiger partial charge in [0.05, 0.1) is 12.8 Å². The summed E-state index contributed by atoms with van der Waals surface area (Å²) in [6.45, 7) is 0.592. The van der Waals surface area contributed by atoms with Crippen molar-refractivity contribution < 1.29 is 24.6 Å². The summed E-state index contributed by atoms with van der Waals surface area (Å²) in [6.07, 6.45) is 0.251. The van der Waals surface area contributed by atoms with E-state index in [4.69, 9.17) is 4.74 Å². The van der Waals surface area contributed by atoms with Crippen LogP contribution in [-0.4, -0.2) is 75.7 Å². The average molecular weight is 491 g/mol. The zero-order valence-electron chi connectivity index (χ0n) is 20.4. The summed E-state index contributed by atoms with van der Waals surface area (Å²) in [7, 11) is 4.13. The van der Waals surface area contributed by atoms with Crippen molar-refractivity contribution in [3.63, 3.8) is 0 Å². The van der Waals surface area contributed by atoms with Crippen molar-refractivity contribution in [3.8, 4) is 11.1 Å². The number of aliphatic hydroxyl groups is 3. The standard InChI is InChI=1S/C27H31N5O4/c1-31(2)13-12-17-8-10-19(11-9-17)30-25-22-20(18-6-4-3-5-7-18)14-28-26(22)32(16-29-25)27-24(35)23(34)21(15-33)36-27/h3-11,14,16,21,23-24,27,33-35H,12-13,15H2,1-2H3,(H,28,30)/p+1/t21-,23+,24+,27?/m1/s1. The monoisotopic (exact) mass is 490 g/mol. The van der Waals surface area contributed by atoms with Crippen molar-refractivity contribution in [1.29, 1.82) is 0 Å². The molecule has 0 amide bonds. The molecule has 1 fully saturated rings. The number of likely N-dealkylation sites (N-methyl/N-ethyl adjacent to an activating group) is 1. The van der Waals surface area contributed by atoms with E-state index in [9.17, 15) is 15.3 Å². The Bertz CT molecular complexity index is 1310. The highest BCUT2D eigenvalue weighted by Gasteiger charge is 2.46. The van der Waals surface area contributed by atoms with Crippen LogP contribution in [0.2, 0.25) is 0 Å². The first-order valence-electron chi connectivity index (χ1n) is 12.1. The van der Waals surface area contributed by atoms with Gasteiger partial charge in [-0.15, -0.1) is 0 Å². The minimum atomic E-state index is -1.21. The first-order chi connectivity index (χ1) is 17.5. The van der Waals surface area contributed by atoms with E-state index in [-0.39, 0.29) is 0 Å². The summed E-state index contributed by atoms with van der Waals surface area (Å²) < 4.78 is 7.45. The van der Waals surface area contributed by atoms with Gasteiger partial charge >= 0.3 is 0 Å². The number of H-pyrrole nitrogens is 1. The van der Waals surface area contributed by atoms with Crippen LogP contribution < -0.4 is 9.88 Å². The SMILES string of the molecule is CN(C)CCc1ccc(Nc2nc[n+](C3O[C@H](CO)[C@H](O)[C@@H]3O)c3[nH]cc(-c4ccccc4)c23)cc1. The molecule has 1 aliphatic heterocycles. The van der Waals surface area contributed by atoms with Crippen LogP contribution in [0.25, 0.3) is 22.2 Å². The number of fused-ring (bicyclic) bond motifs is 1. The maximum absolute atomic E-state index is 10.6. The Morgan fingerprint density at radius 3 is 2.47 bits per heavy atom. The van der Waals surface area contributed by atoms with Crippen molar-refractivity contribution in [2.75, 3.05) is 32.6 Å². The maximum Gasteiger partial charge on any atom is 0.241 e. The quantitative estimate of drug-likeness (QED) is 0.240. The minimum absolute atomic E-state index is 0.393. The molecular weight excluding hydrogens is 458 g/mol. The number of rotatable bonds is 8. The summed E-state index contributed by atoms with van der Waals surface area (Å²) in [4.78, 5) is 10.2.